The average Bonchev–Trinajstić information content (AvgIpc) is 2.43. The molecule has 1 aromatic carbocycles. The van der Waals surface area contributed by atoms with Gasteiger partial charge in [0.25, 0.3) is 0 Å². The lowest BCUT2D eigenvalue weighted by Gasteiger charge is -2.20. The van der Waals surface area contributed by atoms with E-state index in [0.717, 1.165) is 11.1 Å². The predicted octanol–water partition coefficient (Wildman–Crippen LogP) is 3.00. The summed E-state index contributed by atoms with van der Waals surface area (Å²) < 4.78 is 0. The number of nitrogen functional groups attached to an aromatic ring is 1. The van der Waals surface area contributed by atoms with E-state index in [1.165, 1.54) is 10.5 Å². The van der Waals surface area contributed by atoms with Crippen LogP contribution in [0.2, 0.25) is 0 Å². The number of hydrogen-bond donors (Lipinski definition) is 2. The Morgan fingerprint density at radius 1 is 1.21 bits per heavy atom. The molecule has 1 aromatic heterocycles. The fourth-order valence-electron chi connectivity index (χ4n) is 2.24. The number of rotatable bonds is 4. The molecule has 0 bridgehead atoms. The maximum absolute atomic E-state index is 6.04. The Balaban J connectivity index is 2.44. The molecule has 1 atom stereocenters. The number of nitrogens with one attached hydrogen (secondary N) is 1. The number of aryl methyl sites for hydroxylation is 1. The second kappa shape index (κ2) is 6.08. The molecular weight excluding hydrogens is 254 g/mol. The van der Waals surface area contributed by atoms with Crippen molar-refractivity contribution in [2.45, 2.75) is 17.9 Å². The van der Waals surface area contributed by atoms with E-state index in [-0.39, 0.29) is 6.04 Å². The SMILES string of the molecule is CNC(c1ccc(SC)cc1)c1c(C)ccnc1N. The summed E-state index contributed by atoms with van der Waals surface area (Å²) in [4.78, 5) is 5.46. The third-order valence-corrected chi connectivity index (χ3v) is 4.01. The van der Waals surface area contributed by atoms with Crippen LogP contribution < -0.4 is 11.1 Å². The second-order valence-corrected chi connectivity index (χ2v) is 5.30. The van der Waals surface area contributed by atoms with Crippen LogP contribution in [-0.4, -0.2) is 18.3 Å². The van der Waals surface area contributed by atoms with Gasteiger partial charge in [-0.3, -0.25) is 0 Å². The Hall–Kier alpha value is -1.52. The minimum atomic E-state index is 0.0737. The van der Waals surface area contributed by atoms with Crippen molar-refractivity contribution in [1.82, 2.24) is 10.3 Å². The van der Waals surface area contributed by atoms with Gasteiger partial charge in [-0.05, 0) is 49.6 Å². The van der Waals surface area contributed by atoms with Crippen LogP contribution in [-0.2, 0) is 0 Å². The highest BCUT2D eigenvalue weighted by molar-refractivity contribution is 7.98. The van der Waals surface area contributed by atoms with E-state index in [1.807, 2.05) is 13.1 Å². The molecule has 1 heterocycles. The van der Waals surface area contributed by atoms with E-state index in [1.54, 1.807) is 18.0 Å². The smallest absolute Gasteiger partial charge is 0.128 e. The molecule has 1 unspecified atom stereocenters. The van der Waals surface area contributed by atoms with Crippen molar-refractivity contribution >= 4 is 17.6 Å². The Morgan fingerprint density at radius 2 is 1.89 bits per heavy atom. The van der Waals surface area contributed by atoms with E-state index in [2.05, 4.69) is 47.7 Å². The Bertz CT molecular complexity index is 532. The standard InChI is InChI=1S/C15H19N3S/c1-10-8-9-18-15(16)13(10)14(17-2)11-4-6-12(19-3)7-5-11/h4-9,14,17H,1-3H3,(H2,16,18). The molecule has 3 N–H and O–H groups in total. The number of thioether (sulfide) groups is 1. The minimum Gasteiger partial charge on any atom is -0.383 e. The van der Waals surface area contributed by atoms with Gasteiger partial charge in [0.1, 0.15) is 5.82 Å². The van der Waals surface area contributed by atoms with Crippen molar-refractivity contribution in [1.29, 1.82) is 0 Å². The van der Waals surface area contributed by atoms with Gasteiger partial charge >= 0.3 is 0 Å². The van der Waals surface area contributed by atoms with Crippen LogP contribution in [0.4, 0.5) is 5.82 Å². The number of pyridine rings is 1. The summed E-state index contributed by atoms with van der Waals surface area (Å²) in [5, 5.41) is 3.33. The van der Waals surface area contributed by atoms with E-state index in [0.29, 0.717) is 5.82 Å². The van der Waals surface area contributed by atoms with Gasteiger partial charge in [0.05, 0.1) is 6.04 Å². The van der Waals surface area contributed by atoms with Gasteiger partial charge in [0.2, 0.25) is 0 Å². The van der Waals surface area contributed by atoms with Crippen molar-refractivity contribution in [3.63, 3.8) is 0 Å². The molecule has 0 radical (unpaired) electrons. The number of nitrogens with zero attached hydrogens (tertiary/aromatic N) is 1. The first kappa shape index (κ1) is 13.9. The van der Waals surface area contributed by atoms with E-state index < -0.39 is 0 Å². The molecule has 0 aliphatic heterocycles. The normalized spacial score (nSPS) is 12.4. The van der Waals surface area contributed by atoms with Crippen LogP contribution in [0, 0.1) is 6.92 Å². The number of nitrogens with two attached hydrogens (primary N) is 1. The van der Waals surface area contributed by atoms with Crippen LogP contribution in [0.15, 0.2) is 41.4 Å². The number of benzene rings is 1. The van der Waals surface area contributed by atoms with Gasteiger partial charge in [-0.15, -0.1) is 11.8 Å². The summed E-state index contributed by atoms with van der Waals surface area (Å²) in [6.07, 6.45) is 3.82. The first-order valence-corrected chi connectivity index (χ1v) is 7.42. The average molecular weight is 273 g/mol. The fourth-order valence-corrected chi connectivity index (χ4v) is 2.65. The summed E-state index contributed by atoms with van der Waals surface area (Å²) >= 11 is 1.74. The fraction of sp³-hybridized carbons (Fsp3) is 0.267. The third kappa shape index (κ3) is 2.91. The molecule has 4 heteroatoms. The highest BCUT2D eigenvalue weighted by atomic mass is 32.2. The zero-order valence-electron chi connectivity index (χ0n) is 11.5. The molecule has 0 amide bonds. The lowest BCUT2D eigenvalue weighted by atomic mass is 9.96. The quantitative estimate of drug-likeness (QED) is 0.841. The van der Waals surface area contributed by atoms with Crippen LogP contribution in [0.25, 0.3) is 0 Å². The molecule has 2 rings (SSSR count). The summed E-state index contributed by atoms with van der Waals surface area (Å²) in [6, 6.07) is 10.6. The molecule has 0 saturated carbocycles. The lowest BCUT2D eigenvalue weighted by Crippen LogP contribution is -2.20. The van der Waals surface area contributed by atoms with Crippen LogP contribution >= 0.6 is 11.8 Å². The highest BCUT2D eigenvalue weighted by Crippen LogP contribution is 2.29. The molecule has 3 nitrogen and oxygen atoms in total. The van der Waals surface area contributed by atoms with Crippen molar-refractivity contribution in [2.75, 3.05) is 19.0 Å². The lowest BCUT2D eigenvalue weighted by molar-refractivity contribution is 0.686. The van der Waals surface area contributed by atoms with Crippen molar-refractivity contribution in [3.8, 4) is 0 Å². The third-order valence-electron chi connectivity index (χ3n) is 3.27. The molecule has 0 saturated heterocycles. The van der Waals surface area contributed by atoms with E-state index in [9.17, 15) is 0 Å². The van der Waals surface area contributed by atoms with Gasteiger partial charge in [0, 0.05) is 16.7 Å². The Labute approximate surface area is 118 Å². The van der Waals surface area contributed by atoms with Crippen LogP contribution in [0.3, 0.4) is 0 Å². The maximum atomic E-state index is 6.04. The topological polar surface area (TPSA) is 50.9 Å². The van der Waals surface area contributed by atoms with Crippen molar-refractivity contribution in [3.05, 3.63) is 53.2 Å². The molecule has 0 aliphatic carbocycles. The Kier molecular flexibility index (Phi) is 4.45. The molecule has 2 aromatic rings. The molecular formula is C15H19N3S. The van der Waals surface area contributed by atoms with Gasteiger partial charge in [-0.2, -0.15) is 0 Å². The summed E-state index contributed by atoms with van der Waals surface area (Å²) in [6.45, 7) is 2.06. The number of aromatic nitrogens is 1. The maximum Gasteiger partial charge on any atom is 0.128 e. The molecule has 19 heavy (non-hydrogen) atoms. The van der Waals surface area contributed by atoms with Crippen LogP contribution in [0.1, 0.15) is 22.7 Å². The van der Waals surface area contributed by atoms with Gasteiger partial charge in [-0.25, -0.2) is 4.98 Å². The van der Waals surface area contributed by atoms with Gasteiger partial charge in [0.15, 0.2) is 0 Å². The summed E-state index contributed by atoms with van der Waals surface area (Å²) in [7, 11) is 1.94. The minimum absolute atomic E-state index is 0.0737. The van der Waals surface area contributed by atoms with Gasteiger partial charge < -0.3 is 11.1 Å². The predicted molar refractivity (Wildman–Crippen MR) is 82.5 cm³/mol. The molecule has 0 spiro atoms. The largest absolute Gasteiger partial charge is 0.383 e. The first-order valence-electron chi connectivity index (χ1n) is 6.19. The number of anilines is 1. The molecule has 0 fully saturated rings. The first-order chi connectivity index (χ1) is 9.17. The van der Waals surface area contributed by atoms with E-state index in [4.69, 9.17) is 5.73 Å². The Morgan fingerprint density at radius 3 is 2.42 bits per heavy atom. The summed E-state index contributed by atoms with van der Waals surface area (Å²) in [5.74, 6) is 0.591. The van der Waals surface area contributed by atoms with Crippen molar-refractivity contribution < 1.29 is 0 Å². The molecule has 100 valence electrons. The van der Waals surface area contributed by atoms with Gasteiger partial charge in [-0.1, -0.05) is 12.1 Å². The van der Waals surface area contributed by atoms with Crippen molar-refractivity contribution in [2.24, 2.45) is 0 Å². The zero-order valence-corrected chi connectivity index (χ0v) is 12.3. The summed E-state index contributed by atoms with van der Waals surface area (Å²) in [5.41, 5.74) is 9.44. The van der Waals surface area contributed by atoms with E-state index >= 15 is 0 Å². The molecule has 0 aliphatic rings. The highest BCUT2D eigenvalue weighted by Gasteiger charge is 2.17. The monoisotopic (exact) mass is 273 g/mol. The zero-order chi connectivity index (χ0) is 13.8. The van der Waals surface area contributed by atoms with Crippen LogP contribution in [0.5, 0.6) is 0 Å². The second-order valence-electron chi connectivity index (χ2n) is 4.42. The number of hydrogen-bond acceptors (Lipinski definition) is 4.